The molecule has 1 aromatic heterocycles. The Bertz CT molecular complexity index is 1180. The van der Waals surface area contributed by atoms with Crippen LogP contribution in [0.5, 0.6) is 0 Å². The van der Waals surface area contributed by atoms with Crippen molar-refractivity contribution in [2.24, 2.45) is 5.92 Å². The molecule has 160 valence electrons. The molecule has 1 atom stereocenters. The van der Waals surface area contributed by atoms with Gasteiger partial charge in [-0.3, -0.25) is 9.59 Å². The molecule has 1 saturated heterocycles. The Balaban J connectivity index is 1.52. The third-order valence-corrected chi connectivity index (χ3v) is 5.99. The van der Waals surface area contributed by atoms with Gasteiger partial charge < -0.3 is 10.2 Å². The maximum absolute atomic E-state index is 13.6. The van der Waals surface area contributed by atoms with Crippen LogP contribution in [0.25, 0.3) is 5.69 Å². The van der Waals surface area contributed by atoms with Crippen molar-refractivity contribution in [2.45, 2.75) is 19.8 Å². The molecule has 8 heteroatoms. The molecule has 0 spiro atoms. The van der Waals surface area contributed by atoms with Gasteiger partial charge in [-0.2, -0.15) is 4.68 Å². The summed E-state index contributed by atoms with van der Waals surface area (Å²) in [6, 6.07) is 14.6. The highest BCUT2D eigenvalue weighted by molar-refractivity contribution is 9.10. The molecule has 1 aliphatic heterocycles. The number of nitrogens with zero attached hydrogens (tertiary/aromatic N) is 3. The van der Waals surface area contributed by atoms with Crippen molar-refractivity contribution in [3.05, 3.63) is 80.8 Å². The van der Waals surface area contributed by atoms with Gasteiger partial charge in [-0.15, -0.1) is 5.10 Å². The smallest absolute Gasteiger partial charge is 0.271 e. The molecule has 0 bridgehead atoms. The quantitative estimate of drug-likeness (QED) is 0.599. The summed E-state index contributed by atoms with van der Waals surface area (Å²) in [6.07, 6.45) is 1.60. The molecule has 0 radical (unpaired) electrons. The Labute approximate surface area is 187 Å². The van der Waals surface area contributed by atoms with E-state index in [0.29, 0.717) is 18.1 Å². The van der Waals surface area contributed by atoms with Crippen LogP contribution < -0.4 is 15.8 Å². The topological polar surface area (TPSA) is 67.2 Å². The van der Waals surface area contributed by atoms with Crippen molar-refractivity contribution < 1.29 is 9.18 Å². The highest BCUT2D eigenvalue weighted by Crippen LogP contribution is 2.26. The summed E-state index contributed by atoms with van der Waals surface area (Å²) >= 11 is 3.50. The number of anilines is 2. The highest BCUT2D eigenvalue weighted by Gasteiger charge is 2.27. The monoisotopic (exact) mass is 484 g/mol. The van der Waals surface area contributed by atoms with Gasteiger partial charge in [0.25, 0.3) is 5.56 Å². The number of hydrogen-bond acceptors (Lipinski definition) is 4. The lowest BCUT2D eigenvalue weighted by molar-refractivity contribution is -0.120. The minimum absolute atomic E-state index is 0.0484. The van der Waals surface area contributed by atoms with Crippen LogP contribution in [0.15, 0.2) is 63.9 Å². The van der Waals surface area contributed by atoms with E-state index >= 15 is 0 Å². The molecule has 2 aromatic carbocycles. The Kier molecular flexibility index (Phi) is 6.18. The SMILES string of the molecule is Cc1ccc(NC(=O)C2CCCN(c3ccc(=O)n(-c4cccc(F)c4)n3)C2)c(Br)c1. The lowest BCUT2D eigenvalue weighted by Crippen LogP contribution is -2.41. The largest absolute Gasteiger partial charge is 0.354 e. The second-order valence-electron chi connectivity index (χ2n) is 7.68. The van der Waals surface area contributed by atoms with E-state index in [1.54, 1.807) is 12.1 Å². The van der Waals surface area contributed by atoms with E-state index < -0.39 is 5.82 Å². The molecule has 1 aliphatic rings. The Morgan fingerprint density at radius 2 is 2.03 bits per heavy atom. The number of hydrogen-bond donors (Lipinski definition) is 1. The zero-order chi connectivity index (χ0) is 22.0. The van der Waals surface area contributed by atoms with Crippen LogP contribution in [0.1, 0.15) is 18.4 Å². The van der Waals surface area contributed by atoms with E-state index in [-0.39, 0.29) is 17.4 Å². The van der Waals surface area contributed by atoms with Gasteiger partial charge in [-0.1, -0.05) is 12.1 Å². The number of carbonyl (C=O) groups is 1. The fraction of sp³-hybridized carbons (Fsp3) is 0.261. The van der Waals surface area contributed by atoms with Gasteiger partial charge in [-0.25, -0.2) is 4.39 Å². The third-order valence-electron chi connectivity index (χ3n) is 5.34. The van der Waals surface area contributed by atoms with Crippen LogP contribution >= 0.6 is 15.9 Å². The average molecular weight is 485 g/mol. The number of carbonyl (C=O) groups excluding carboxylic acids is 1. The number of piperidine rings is 1. The number of aromatic nitrogens is 2. The molecule has 6 nitrogen and oxygen atoms in total. The maximum Gasteiger partial charge on any atom is 0.271 e. The van der Waals surface area contributed by atoms with Crippen LogP contribution in [0.2, 0.25) is 0 Å². The molecule has 2 heterocycles. The molecular formula is C23H22BrFN4O2. The first-order chi connectivity index (χ1) is 14.9. The van der Waals surface area contributed by atoms with Crippen molar-refractivity contribution in [3.8, 4) is 5.69 Å². The zero-order valence-corrected chi connectivity index (χ0v) is 18.6. The van der Waals surface area contributed by atoms with Gasteiger partial charge in [-0.05, 0) is 77.7 Å². The minimum atomic E-state index is -0.437. The van der Waals surface area contributed by atoms with Crippen LogP contribution in [0, 0.1) is 18.7 Å². The maximum atomic E-state index is 13.6. The molecule has 3 aromatic rings. The molecule has 4 rings (SSSR count). The van der Waals surface area contributed by atoms with Gasteiger partial charge in [0.15, 0.2) is 0 Å². The summed E-state index contributed by atoms with van der Waals surface area (Å²) in [5, 5.41) is 7.44. The fourth-order valence-electron chi connectivity index (χ4n) is 3.72. The zero-order valence-electron chi connectivity index (χ0n) is 17.0. The van der Waals surface area contributed by atoms with Crippen molar-refractivity contribution >= 4 is 33.3 Å². The lowest BCUT2D eigenvalue weighted by Gasteiger charge is -2.33. The molecule has 31 heavy (non-hydrogen) atoms. The molecule has 1 unspecified atom stereocenters. The van der Waals surface area contributed by atoms with Crippen molar-refractivity contribution in [2.75, 3.05) is 23.3 Å². The average Bonchev–Trinajstić information content (AvgIpc) is 2.76. The molecule has 1 amide bonds. The predicted octanol–water partition coefficient (Wildman–Crippen LogP) is 4.30. The molecule has 1 fully saturated rings. The Hall–Kier alpha value is -3.00. The minimum Gasteiger partial charge on any atom is -0.354 e. The number of rotatable bonds is 4. The molecule has 1 N–H and O–H groups in total. The van der Waals surface area contributed by atoms with Crippen LogP contribution in [-0.4, -0.2) is 28.8 Å². The number of benzene rings is 2. The van der Waals surface area contributed by atoms with Crippen LogP contribution in [0.4, 0.5) is 15.9 Å². The van der Waals surface area contributed by atoms with Gasteiger partial charge in [0.05, 0.1) is 17.3 Å². The Morgan fingerprint density at radius 1 is 1.19 bits per heavy atom. The summed E-state index contributed by atoms with van der Waals surface area (Å²) in [5.41, 5.74) is 1.87. The van der Waals surface area contributed by atoms with Crippen LogP contribution in [0.3, 0.4) is 0 Å². The number of amides is 1. The van der Waals surface area contributed by atoms with E-state index in [9.17, 15) is 14.0 Å². The molecule has 0 aliphatic carbocycles. The van der Waals surface area contributed by atoms with E-state index in [0.717, 1.165) is 35.1 Å². The summed E-state index contributed by atoms with van der Waals surface area (Å²) in [7, 11) is 0. The first kappa shape index (κ1) is 21.2. The van der Waals surface area contributed by atoms with Gasteiger partial charge >= 0.3 is 0 Å². The van der Waals surface area contributed by atoms with Crippen molar-refractivity contribution in [3.63, 3.8) is 0 Å². The highest BCUT2D eigenvalue weighted by atomic mass is 79.9. The van der Waals surface area contributed by atoms with E-state index in [1.807, 2.05) is 30.0 Å². The van der Waals surface area contributed by atoms with Gasteiger partial charge in [0.1, 0.15) is 11.6 Å². The van der Waals surface area contributed by atoms with Crippen LogP contribution in [-0.2, 0) is 4.79 Å². The van der Waals surface area contributed by atoms with E-state index in [4.69, 9.17) is 0 Å². The van der Waals surface area contributed by atoms with Gasteiger partial charge in [0, 0.05) is 23.6 Å². The second kappa shape index (κ2) is 9.01. The lowest BCUT2D eigenvalue weighted by atomic mass is 9.97. The summed E-state index contributed by atoms with van der Waals surface area (Å²) in [4.78, 5) is 27.2. The number of nitrogens with one attached hydrogen (secondary N) is 1. The predicted molar refractivity (Wildman–Crippen MR) is 122 cm³/mol. The number of halogens is 2. The standard InChI is InChI=1S/C23H22BrFN4O2/c1-15-7-8-20(19(24)12-15)26-23(31)16-4-3-11-28(14-16)21-9-10-22(30)29(27-21)18-6-2-5-17(25)13-18/h2,5-10,12-13,16H,3-4,11,14H2,1H3,(H,26,31). The molecule has 0 saturated carbocycles. The number of aryl methyl sites for hydroxylation is 1. The first-order valence-electron chi connectivity index (χ1n) is 10.1. The Morgan fingerprint density at radius 3 is 2.81 bits per heavy atom. The third kappa shape index (κ3) is 4.85. The normalized spacial score (nSPS) is 16.2. The van der Waals surface area contributed by atoms with Crippen molar-refractivity contribution in [1.29, 1.82) is 0 Å². The molecular weight excluding hydrogens is 463 g/mol. The van der Waals surface area contributed by atoms with Gasteiger partial charge in [0.2, 0.25) is 5.91 Å². The van der Waals surface area contributed by atoms with Crippen molar-refractivity contribution in [1.82, 2.24) is 9.78 Å². The summed E-state index contributed by atoms with van der Waals surface area (Å²) < 4.78 is 15.6. The summed E-state index contributed by atoms with van der Waals surface area (Å²) in [5.74, 6) is -0.113. The fourth-order valence-corrected chi connectivity index (χ4v) is 4.31. The second-order valence-corrected chi connectivity index (χ2v) is 8.53. The van der Waals surface area contributed by atoms with E-state index in [1.165, 1.54) is 28.9 Å². The van der Waals surface area contributed by atoms with E-state index in [2.05, 4.69) is 26.3 Å². The first-order valence-corrected chi connectivity index (χ1v) is 10.9. The summed E-state index contributed by atoms with van der Waals surface area (Å²) in [6.45, 7) is 3.21.